The zero-order chi connectivity index (χ0) is 20.0. The lowest BCUT2D eigenvalue weighted by atomic mass is 10.2. The number of hydrogen-bond donors (Lipinski definition) is 2. The van der Waals surface area contributed by atoms with E-state index in [4.69, 9.17) is 0 Å². The number of rotatable bonds is 8. The Labute approximate surface area is 193 Å². The van der Waals surface area contributed by atoms with Crippen molar-refractivity contribution in [2.75, 3.05) is 20.6 Å². The number of thiophene rings is 2. The second kappa shape index (κ2) is 11.5. The van der Waals surface area contributed by atoms with Crippen molar-refractivity contribution in [3.8, 4) is 0 Å². The molecule has 0 aliphatic heterocycles. The van der Waals surface area contributed by atoms with Gasteiger partial charge in [-0.1, -0.05) is 0 Å². The number of guanidine groups is 1. The molecule has 0 bridgehead atoms. The Morgan fingerprint density at radius 2 is 1.86 bits per heavy atom. The second-order valence-electron chi connectivity index (χ2n) is 6.47. The highest BCUT2D eigenvalue weighted by Gasteiger charge is 2.19. The molecule has 1 atom stereocenters. The Balaban J connectivity index is 0.00000392. The highest BCUT2D eigenvalue weighted by molar-refractivity contribution is 14.0. The monoisotopic (exact) mass is 556 g/mol. The molecule has 10 heteroatoms. The van der Waals surface area contributed by atoms with Gasteiger partial charge in [-0.2, -0.15) is 0 Å². The lowest BCUT2D eigenvalue weighted by molar-refractivity contribution is 0.523. The molecule has 2 aromatic rings. The molecule has 0 fully saturated rings. The van der Waals surface area contributed by atoms with E-state index in [1.165, 1.54) is 39.5 Å². The molecule has 28 heavy (non-hydrogen) atoms. The zero-order valence-corrected chi connectivity index (χ0v) is 21.6. The Morgan fingerprint density at radius 3 is 2.43 bits per heavy atom. The van der Waals surface area contributed by atoms with Crippen LogP contribution in [0.2, 0.25) is 0 Å². The third kappa shape index (κ3) is 7.29. The van der Waals surface area contributed by atoms with E-state index in [0.29, 0.717) is 10.8 Å². The zero-order valence-electron chi connectivity index (χ0n) is 16.9. The fraction of sp³-hybridized carbons (Fsp3) is 0.500. The van der Waals surface area contributed by atoms with Crippen LogP contribution in [0.25, 0.3) is 0 Å². The van der Waals surface area contributed by atoms with Crippen LogP contribution in [-0.2, 0) is 23.0 Å². The third-order valence-corrected chi connectivity index (χ3v) is 8.17. The van der Waals surface area contributed by atoms with Crippen LogP contribution in [0.15, 0.2) is 33.5 Å². The van der Waals surface area contributed by atoms with Crippen molar-refractivity contribution in [1.82, 2.24) is 14.9 Å². The number of aliphatic imine (C=N–C) groups is 1. The lowest BCUT2D eigenvalue weighted by Gasteiger charge is -2.17. The molecule has 2 rings (SSSR count). The van der Waals surface area contributed by atoms with Crippen molar-refractivity contribution in [3.05, 3.63) is 38.9 Å². The first-order valence-corrected chi connectivity index (χ1v) is 11.9. The van der Waals surface area contributed by atoms with Crippen LogP contribution in [-0.4, -0.2) is 45.4 Å². The second-order valence-corrected chi connectivity index (χ2v) is 11.4. The van der Waals surface area contributed by atoms with Gasteiger partial charge in [0.1, 0.15) is 4.21 Å². The fourth-order valence-corrected chi connectivity index (χ4v) is 5.89. The molecular formula is C18H29IN4O2S3. The minimum atomic E-state index is -3.38. The minimum absolute atomic E-state index is 0. The summed E-state index contributed by atoms with van der Waals surface area (Å²) in [5.41, 5.74) is 0. The van der Waals surface area contributed by atoms with Crippen molar-refractivity contribution in [2.24, 2.45) is 4.99 Å². The average Bonchev–Trinajstić information content (AvgIpc) is 3.22. The molecule has 0 amide bonds. The maximum absolute atomic E-state index is 12.2. The van der Waals surface area contributed by atoms with Crippen LogP contribution in [0.4, 0.5) is 0 Å². The van der Waals surface area contributed by atoms with E-state index in [1.54, 1.807) is 6.07 Å². The Bertz CT molecular complexity index is 875. The van der Waals surface area contributed by atoms with Crippen molar-refractivity contribution in [3.63, 3.8) is 0 Å². The highest BCUT2D eigenvalue weighted by Crippen LogP contribution is 2.24. The Kier molecular flexibility index (Phi) is 10.4. The van der Waals surface area contributed by atoms with Gasteiger partial charge in [0, 0.05) is 47.7 Å². The largest absolute Gasteiger partial charge is 0.357 e. The normalized spacial score (nSPS) is 13.3. The van der Waals surface area contributed by atoms with Crippen molar-refractivity contribution in [1.29, 1.82) is 0 Å². The first-order chi connectivity index (χ1) is 12.7. The summed E-state index contributed by atoms with van der Waals surface area (Å²) in [6.45, 7) is 7.48. The van der Waals surface area contributed by atoms with E-state index < -0.39 is 10.0 Å². The maximum Gasteiger partial charge on any atom is 0.252 e. The quantitative estimate of drug-likeness (QED) is 0.296. The molecule has 0 radical (unpaired) electrons. The summed E-state index contributed by atoms with van der Waals surface area (Å²) in [4.78, 5) is 8.19. The average molecular weight is 557 g/mol. The van der Waals surface area contributed by atoms with E-state index in [9.17, 15) is 8.42 Å². The van der Waals surface area contributed by atoms with Crippen LogP contribution < -0.4 is 10.6 Å². The standard InChI is InChI=1S/C18H28N4O2S3.HI/c1-6-19-18(21-13(2)11-15-8-7-14(3)25-15)20-12-16-9-10-17(26-16)27(23,24)22(4)5;/h7-10,13H,6,11-12H2,1-5H3,(H2,19,20,21);1H. The molecule has 0 aliphatic rings. The summed E-state index contributed by atoms with van der Waals surface area (Å²) in [5, 5.41) is 6.68. The van der Waals surface area contributed by atoms with E-state index >= 15 is 0 Å². The first-order valence-electron chi connectivity index (χ1n) is 8.83. The van der Waals surface area contributed by atoms with Gasteiger partial charge in [-0.25, -0.2) is 17.7 Å². The molecule has 2 aromatic heterocycles. The van der Waals surface area contributed by atoms with Crippen molar-refractivity contribution < 1.29 is 8.42 Å². The summed E-state index contributed by atoms with van der Waals surface area (Å²) in [5.74, 6) is 0.740. The number of nitrogens with zero attached hydrogens (tertiary/aromatic N) is 2. The highest BCUT2D eigenvalue weighted by atomic mass is 127. The number of sulfonamides is 1. The predicted molar refractivity (Wildman–Crippen MR) is 131 cm³/mol. The van der Waals surface area contributed by atoms with Crippen molar-refractivity contribution in [2.45, 2.75) is 44.0 Å². The number of nitrogens with one attached hydrogen (secondary N) is 2. The number of aryl methyl sites for hydroxylation is 1. The van der Waals surface area contributed by atoms with Crippen LogP contribution in [0.5, 0.6) is 0 Å². The molecule has 0 aliphatic carbocycles. The smallest absolute Gasteiger partial charge is 0.252 e. The maximum atomic E-state index is 12.2. The Morgan fingerprint density at radius 1 is 1.18 bits per heavy atom. The summed E-state index contributed by atoms with van der Waals surface area (Å²) < 4.78 is 25.9. The van der Waals surface area contributed by atoms with E-state index in [0.717, 1.165) is 23.8 Å². The summed E-state index contributed by atoms with van der Waals surface area (Å²) in [6.07, 6.45) is 0.938. The minimum Gasteiger partial charge on any atom is -0.357 e. The third-order valence-electron chi connectivity index (χ3n) is 3.80. The van der Waals surface area contributed by atoms with Crippen molar-refractivity contribution >= 4 is 62.6 Å². The number of halogens is 1. The van der Waals surface area contributed by atoms with Gasteiger partial charge in [0.25, 0.3) is 10.0 Å². The van der Waals surface area contributed by atoms with Crippen LogP contribution in [0.3, 0.4) is 0 Å². The Hall–Kier alpha value is -0.690. The van der Waals surface area contributed by atoms with Gasteiger partial charge >= 0.3 is 0 Å². The molecular weight excluding hydrogens is 527 g/mol. The summed E-state index contributed by atoms with van der Waals surface area (Å²) in [6, 6.07) is 8.02. The molecule has 2 heterocycles. The van der Waals surface area contributed by atoms with Gasteiger partial charge < -0.3 is 10.6 Å². The fourth-order valence-electron chi connectivity index (χ4n) is 2.42. The van der Waals surface area contributed by atoms with Gasteiger partial charge in [0.2, 0.25) is 0 Å². The summed E-state index contributed by atoms with van der Waals surface area (Å²) in [7, 11) is -0.307. The molecule has 0 spiro atoms. The van der Waals surface area contributed by atoms with E-state index in [1.807, 2.05) is 24.3 Å². The van der Waals surface area contributed by atoms with Crippen LogP contribution in [0.1, 0.15) is 28.5 Å². The van der Waals surface area contributed by atoms with Gasteiger partial charge in [0.05, 0.1) is 6.54 Å². The van der Waals surface area contributed by atoms with Crippen LogP contribution in [0, 0.1) is 6.92 Å². The van der Waals surface area contributed by atoms with Gasteiger partial charge in [-0.05, 0) is 45.0 Å². The predicted octanol–water partition coefficient (Wildman–Crippen LogP) is 3.67. The molecule has 0 saturated carbocycles. The number of hydrogen-bond acceptors (Lipinski definition) is 5. The first kappa shape index (κ1) is 25.3. The van der Waals surface area contributed by atoms with E-state index in [2.05, 4.69) is 41.6 Å². The topological polar surface area (TPSA) is 73.8 Å². The van der Waals surface area contributed by atoms with Crippen LogP contribution >= 0.6 is 46.7 Å². The molecule has 158 valence electrons. The molecule has 6 nitrogen and oxygen atoms in total. The SMILES string of the molecule is CCNC(=NCc1ccc(S(=O)(=O)N(C)C)s1)NC(C)Cc1ccc(C)s1.I. The van der Waals surface area contributed by atoms with Gasteiger partial charge in [-0.15, -0.1) is 46.7 Å². The lowest BCUT2D eigenvalue weighted by Crippen LogP contribution is -2.43. The molecule has 1 unspecified atom stereocenters. The summed E-state index contributed by atoms with van der Waals surface area (Å²) >= 11 is 3.08. The van der Waals surface area contributed by atoms with Gasteiger partial charge in [0.15, 0.2) is 5.96 Å². The van der Waals surface area contributed by atoms with E-state index in [-0.39, 0.29) is 30.0 Å². The molecule has 0 saturated heterocycles. The van der Waals surface area contributed by atoms with Gasteiger partial charge in [-0.3, -0.25) is 0 Å². The molecule has 2 N–H and O–H groups in total. The molecule has 0 aromatic carbocycles.